The van der Waals surface area contributed by atoms with E-state index in [0.29, 0.717) is 5.30 Å². The topological polar surface area (TPSA) is 49.8 Å². The Balaban J connectivity index is 2.32. The van der Waals surface area contributed by atoms with Gasteiger partial charge in [0.05, 0.1) is 6.10 Å². The van der Waals surface area contributed by atoms with Crippen molar-refractivity contribution >= 4 is 24.4 Å². The fourth-order valence-corrected chi connectivity index (χ4v) is 4.48. The van der Waals surface area contributed by atoms with E-state index in [9.17, 15) is 9.67 Å². The molecule has 2 unspecified atom stereocenters. The monoisotopic (exact) mass is 359 g/mol. The Labute approximate surface area is 150 Å². The molecule has 0 aromatic heterocycles. The van der Waals surface area contributed by atoms with Crippen molar-refractivity contribution in [3.05, 3.63) is 66.2 Å². The van der Waals surface area contributed by atoms with E-state index >= 15 is 0 Å². The summed E-state index contributed by atoms with van der Waals surface area (Å²) in [5.74, 6) is -1.21. The van der Waals surface area contributed by atoms with E-state index in [4.69, 9.17) is 4.52 Å². The van der Waals surface area contributed by atoms with Crippen LogP contribution in [0.4, 0.5) is 5.69 Å². The van der Waals surface area contributed by atoms with Crippen LogP contribution < -0.4 is 10.2 Å². The van der Waals surface area contributed by atoms with Crippen molar-refractivity contribution in [2.24, 2.45) is 0 Å². The van der Waals surface area contributed by atoms with E-state index in [2.05, 4.69) is 0 Å². The lowest BCUT2D eigenvalue weighted by Crippen LogP contribution is -2.21. The second-order valence-electron chi connectivity index (χ2n) is 6.35. The molecule has 0 aliphatic heterocycles. The third kappa shape index (κ3) is 5.05. The fraction of sp³-hybridized carbons (Fsp3) is 0.300. The predicted octanol–water partition coefficient (Wildman–Crippen LogP) is 4.11. The first-order valence-electron chi connectivity index (χ1n) is 8.30. The molecule has 4 nitrogen and oxygen atoms in total. The first-order chi connectivity index (χ1) is 11.8. The molecule has 0 spiro atoms. The van der Waals surface area contributed by atoms with E-state index in [0.717, 1.165) is 11.3 Å². The van der Waals surface area contributed by atoms with E-state index in [1.165, 1.54) is 0 Å². The Morgan fingerprint density at radius 1 is 1.04 bits per heavy atom. The van der Waals surface area contributed by atoms with Gasteiger partial charge in [-0.15, -0.1) is 0 Å². The zero-order chi connectivity index (χ0) is 18.4. The van der Waals surface area contributed by atoms with Gasteiger partial charge >= 0.3 is 0 Å². The smallest absolute Gasteiger partial charge is 0.263 e. The Kier molecular flexibility index (Phi) is 6.60. The Morgan fingerprint density at radius 3 is 2.16 bits per heavy atom. The van der Waals surface area contributed by atoms with Crippen LogP contribution in [0.25, 0.3) is 6.08 Å². The molecule has 2 aromatic carbocycles. The molecule has 0 aliphatic carbocycles. The highest BCUT2D eigenvalue weighted by atomic mass is 31.2. The van der Waals surface area contributed by atoms with Gasteiger partial charge in [-0.05, 0) is 49.8 Å². The summed E-state index contributed by atoms with van der Waals surface area (Å²) in [6.07, 6.45) is 3.03. The number of aliphatic hydroxyl groups is 1. The Bertz CT molecular complexity index is 739. The SMILES string of the molecule is CC(C)OP(=O)(c1ccc(N(C)C)cc1)C(O)C=Cc1ccccc1. The summed E-state index contributed by atoms with van der Waals surface area (Å²) in [5, 5.41) is 11.1. The summed E-state index contributed by atoms with van der Waals surface area (Å²) in [5.41, 5.74) is 1.93. The zero-order valence-electron chi connectivity index (χ0n) is 15.2. The number of hydrogen-bond acceptors (Lipinski definition) is 4. The van der Waals surface area contributed by atoms with Gasteiger partial charge in [-0.1, -0.05) is 36.4 Å². The number of anilines is 1. The molecule has 0 bridgehead atoms. The average molecular weight is 359 g/mol. The van der Waals surface area contributed by atoms with Crippen LogP contribution in [-0.4, -0.2) is 31.2 Å². The van der Waals surface area contributed by atoms with Crippen molar-refractivity contribution in [2.75, 3.05) is 19.0 Å². The molecule has 1 N–H and O–H groups in total. The normalized spacial score (nSPS) is 15.3. The number of benzene rings is 2. The van der Waals surface area contributed by atoms with Crippen LogP contribution in [0.2, 0.25) is 0 Å². The summed E-state index contributed by atoms with van der Waals surface area (Å²) >= 11 is 0. The number of hydrogen-bond donors (Lipinski definition) is 1. The molecule has 2 rings (SSSR count). The second kappa shape index (κ2) is 8.48. The van der Waals surface area contributed by atoms with Crippen molar-refractivity contribution in [1.29, 1.82) is 0 Å². The number of aliphatic hydroxyl groups excluding tert-OH is 1. The van der Waals surface area contributed by atoms with Crippen LogP contribution in [0, 0.1) is 0 Å². The van der Waals surface area contributed by atoms with Crippen LogP contribution >= 0.6 is 7.37 Å². The van der Waals surface area contributed by atoms with Crippen LogP contribution in [-0.2, 0) is 9.09 Å². The minimum atomic E-state index is -3.46. The molecular formula is C20H26NO3P. The predicted molar refractivity (Wildman–Crippen MR) is 106 cm³/mol. The summed E-state index contributed by atoms with van der Waals surface area (Å²) in [6.45, 7) is 3.63. The molecule has 0 heterocycles. The third-order valence-electron chi connectivity index (χ3n) is 3.70. The highest BCUT2D eigenvalue weighted by Crippen LogP contribution is 2.51. The highest BCUT2D eigenvalue weighted by Gasteiger charge is 2.34. The molecule has 2 atom stereocenters. The minimum Gasteiger partial charge on any atom is -0.378 e. The van der Waals surface area contributed by atoms with E-state index in [-0.39, 0.29) is 6.10 Å². The maximum atomic E-state index is 13.5. The van der Waals surface area contributed by atoms with Crippen LogP contribution in [0.3, 0.4) is 0 Å². The molecule has 0 radical (unpaired) electrons. The summed E-state index contributed by atoms with van der Waals surface area (Å²) in [4.78, 5) is 1.96. The number of nitrogens with zero attached hydrogens (tertiary/aromatic N) is 1. The van der Waals surface area contributed by atoms with Gasteiger partial charge in [0.1, 0.15) is 0 Å². The quantitative estimate of drug-likeness (QED) is 0.756. The lowest BCUT2D eigenvalue weighted by Gasteiger charge is -2.25. The molecule has 25 heavy (non-hydrogen) atoms. The Morgan fingerprint density at radius 2 is 1.64 bits per heavy atom. The van der Waals surface area contributed by atoms with E-state index in [1.807, 2.05) is 75.3 Å². The van der Waals surface area contributed by atoms with Gasteiger partial charge in [0, 0.05) is 25.1 Å². The van der Waals surface area contributed by atoms with E-state index < -0.39 is 13.2 Å². The number of rotatable bonds is 7. The van der Waals surface area contributed by atoms with Crippen LogP contribution in [0.5, 0.6) is 0 Å². The van der Waals surface area contributed by atoms with Gasteiger partial charge in [0.25, 0.3) is 7.37 Å². The zero-order valence-corrected chi connectivity index (χ0v) is 16.1. The standard InChI is InChI=1S/C20H26NO3P/c1-16(2)24-25(23,19-13-11-18(12-14-19)21(3)4)20(22)15-10-17-8-6-5-7-9-17/h5-16,20,22H,1-4H3. The highest BCUT2D eigenvalue weighted by molar-refractivity contribution is 7.67. The van der Waals surface area contributed by atoms with Gasteiger partial charge in [-0.3, -0.25) is 4.57 Å². The van der Waals surface area contributed by atoms with Gasteiger partial charge in [0.2, 0.25) is 0 Å². The largest absolute Gasteiger partial charge is 0.378 e. The maximum absolute atomic E-state index is 13.5. The fourth-order valence-electron chi connectivity index (χ4n) is 2.42. The van der Waals surface area contributed by atoms with Gasteiger partial charge in [0.15, 0.2) is 5.85 Å². The summed E-state index contributed by atoms with van der Waals surface area (Å²) < 4.78 is 19.2. The molecule has 0 saturated heterocycles. The average Bonchev–Trinajstić information content (AvgIpc) is 2.60. The van der Waals surface area contributed by atoms with Crippen molar-refractivity contribution in [3.8, 4) is 0 Å². The Hall–Kier alpha value is -1.87. The summed E-state index contributed by atoms with van der Waals surface area (Å²) in [7, 11) is 0.427. The molecular weight excluding hydrogens is 333 g/mol. The molecule has 134 valence electrons. The molecule has 2 aromatic rings. The lowest BCUT2D eigenvalue weighted by molar-refractivity contribution is 0.208. The lowest BCUT2D eigenvalue weighted by atomic mass is 10.2. The maximum Gasteiger partial charge on any atom is 0.263 e. The molecule has 0 fully saturated rings. The summed E-state index contributed by atoms with van der Waals surface area (Å²) in [6, 6.07) is 16.9. The molecule has 5 heteroatoms. The van der Waals surface area contributed by atoms with Crippen LogP contribution in [0.1, 0.15) is 19.4 Å². The van der Waals surface area contributed by atoms with Crippen molar-refractivity contribution in [2.45, 2.75) is 25.8 Å². The van der Waals surface area contributed by atoms with Crippen molar-refractivity contribution < 1.29 is 14.2 Å². The molecule has 0 saturated carbocycles. The van der Waals surface area contributed by atoms with Crippen LogP contribution in [0.15, 0.2) is 60.7 Å². The van der Waals surface area contributed by atoms with Crippen molar-refractivity contribution in [3.63, 3.8) is 0 Å². The van der Waals surface area contributed by atoms with E-state index in [1.54, 1.807) is 24.3 Å². The first-order valence-corrected chi connectivity index (χ1v) is 9.99. The second-order valence-corrected chi connectivity index (χ2v) is 8.80. The van der Waals surface area contributed by atoms with Gasteiger partial charge in [-0.25, -0.2) is 0 Å². The van der Waals surface area contributed by atoms with Gasteiger partial charge < -0.3 is 14.5 Å². The molecule has 0 amide bonds. The third-order valence-corrected chi connectivity index (χ3v) is 6.32. The first kappa shape index (κ1) is 19.5. The minimum absolute atomic E-state index is 0.265. The molecule has 0 aliphatic rings. The van der Waals surface area contributed by atoms with Crippen molar-refractivity contribution in [1.82, 2.24) is 0 Å². The van der Waals surface area contributed by atoms with Gasteiger partial charge in [-0.2, -0.15) is 0 Å².